The highest BCUT2D eigenvalue weighted by molar-refractivity contribution is 6.61. The number of fused-ring (bicyclic) bond motifs is 1. The van der Waals surface area contributed by atoms with E-state index in [1.54, 1.807) is 4.90 Å². The van der Waals surface area contributed by atoms with E-state index in [0.717, 1.165) is 11.2 Å². The number of rotatable bonds is 2. The van der Waals surface area contributed by atoms with Crippen LogP contribution in [0.3, 0.4) is 0 Å². The van der Waals surface area contributed by atoms with Crippen molar-refractivity contribution in [3.05, 3.63) is 36.2 Å². The topological polar surface area (TPSA) is 99.8 Å². The molecule has 9 heteroatoms. The number of anilines is 2. The second kappa shape index (κ2) is 6.26. The van der Waals surface area contributed by atoms with Crippen molar-refractivity contribution in [1.29, 1.82) is 0 Å². The second-order valence-electron chi connectivity index (χ2n) is 6.86. The molecule has 1 saturated heterocycles. The highest BCUT2D eigenvalue weighted by Gasteiger charge is 2.38. The lowest BCUT2D eigenvalue weighted by molar-refractivity contribution is 0.0990. The monoisotopic (exact) mass is 354 g/mol. The fourth-order valence-corrected chi connectivity index (χ4v) is 3.02. The zero-order chi connectivity index (χ0) is 18.3. The lowest BCUT2D eigenvalue weighted by atomic mass is 9.79. The van der Waals surface area contributed by atoms with Gasteiger partial charge in [-0.1, -0.05) is 12.1 Å². The molecular formula is C17H19BN4O4. The molecule has 0 bridgehead atoms. The Morgan fingerprint density at radius 3 is 2.69 bits per heavy atom. The van der Waals surface area contributed by atoms with Crippen molar-refractivity contribution >= 4 is 30.0 Å². The quantitative estimate of drug-likeness (QED) is 0.789. The molecule has 2 aromatic rings. The second-order valence-corrected chi connectivity index (χ2v) is 6.86. The molecule has 3 heterocycles. The fraction of sp³-hybridized carbons (Fsp3) is 0.353. The molecule has 4 rings (SSSR count). The van der Waals surface area contributed by atoms with E-state index in [1.165, 1.54) is 6.33 Å². The average Bonchev–Trinajstić information content (AvgIpc) is 2.89. The van der Waals surface area contributed by atoms with E-state index in [-0.39, 0.29) is 28.8 Å². The van der Waals surface area contributed by atoms with Crippen LogP contribution in [-0.4, -0.2) is 48.4 Å². The summed E-state index contributed by atoms with van der Waals surface area (Å²) in [6, 6.07) is 7.50. The third kappa shape index (κ3) is 2.99. The van der Waals surface area contributed by atoms with Gasteiger partial charge in [-0.05, 0) is 31.4 Å². The maximum absolute atomic E-state index is 12.9. The van der Waals surface area contributed by atoms with Gasteiger partial charge < -0.3 is 24.7 Å². The summed E-state index contributed by atoms with van der Waals surface area (Å²) in [4.78, 5) is 22.4. The normalized spacial score (nSPS) is 19.1. The van der Waals surface area contributed by atoms with E-state index >= 15 is 0 Å². The molecule has 0 radical (unpaired) electrons. The molecule has 1 aromatic carbocycles. The molecule has 134 valence electrons. The third-order valence-corrected chi connectivity index (χ3v) is 4.34. The molecule has 1 amide bonds. The Balaban J connectivity index is 1.60. The smallest absolute Gasteiger partial charge is 0.475 e. The van der Waals surface area contributed by atoms with E-state index in [1.807, 2.05) is 38.1 Å². The van der Waals surface area contributed by atoms with Gasteiger partial charge in [-0.15, -0.1) is 0 Å². The first-order valence-electron chi connectivity index (χ1n) is 8.39. The van der Waals surface area contributed by atoms with Crippen LogP contribution in [0.1, 0.15) is 24.2 Å². The van der Waals surface area contributed by atoms with Gasteiger partial charge in [-0.2, -0.15) is 0 Å². The van der Waals surface area contributed by atoms with Gasteiger partial charge in [0.05, 0.1) is 18.8 Å². The molecule has 0 aliphatic carbocycles. The van der Waals surface area contributed by atoms with Crippen LogP contribution in [0.15, 0.2) is 30.6 Å². The number of nitrogens with two attached hydrogens (primary N) is 1. The van der Waals surface area contributed by atoms with E-state index in [2.05, 4.69) is 9.97 Å². The Kier molecular flexibility index (Phi) is 4.05. The summed E-state index contributed by atoms with van der Waals surface area (Å²) in [6.45, 7) is 5.22. The number of aromatic nitrogens is 2. The molecule has 8 nitrogen and oxygen atoms in total. The first kappa shape index (κ1) is 16.8. The van der Waals surface area contributed by atoms with Crippen molar-refractivity contribution in [2.45, 2.75) is 19.4 Å². The number of carbonyl (C=O) groups excluding carboxylic acids is 1. The molecule has 0 unspecified atom stereocenters. The molecule has 0 spiro atoms. The van der Waals surface area contributed by atoms with E-state index < -0.39 is 7.12 Å². The number of carbonyl (C=O) groups is 1. The maximum atomic E-state index is 12.9. The Labute approximate surface area is 151 Å². The predicted octanol–water partition coefficient (Wildman–Crippen LogP) is 0.619. The minimum atomic E-state index is -0.396. The van der Waals surface area contributed by atoms with Crippen molar-refractivity contribution in [3.8, 4) is 5.88 Å². The van der Waals surface area contributed by atoms with Crippen LogP contribution in [0.25, 0.3) is 0 Å². The SMILES string of the molecule is CC1(C)COB(c2ccc(N3CCOc4ncnc(N)c4C3=O)cc2)O1. The van der Waals surface area contributed by atoms with Gasteiger partial charge in [0.25, 0.3) is 5.91 Å². The molecule has 0 saturated carbocycles. The third-order valence-electron chi connectivity index (χ3n) is 4.34. The number of ether oxygens (including phenoxy) is 1. The predicted molar refractivity (Wildman–Crippen MR) is 96.6 cm³/mol. The molecule has 2 aliphatic heterocycles. The van der Waals surface area contributed by atoms with Crippen LogP contribution in [0.2, 0.25) is 0 Å². The van der Waals surface area contributed by atoms with Crippen LogP contribution in [0.4, 0.5) is 11.5 Å². The van der Waals surface area contributed by atoms with Gasteiger partial charge in [0.1, 0.15) is 24.3 Å². The Morgan fingerprint density at radius 1 is 1.23 bits per heavy atom. The van der Waals surface area contributed by atoms with Crippen molar-refractivity contribution < 1.29 is 18.8 Å². The molecule has 2 aliphatic rings. The van der Waals surface area contributed by atoms with Crippen molar-refractivity contribution in [3.63, 3.8) is 0 Å². The summed E-state index contributed by atoms with van der Waals surface area (Å²) in [6.07, 6.45) is 1.29. The fourth-order valence-electron chi connectivity index (χ4n) is 3.02. The number of nitrogens with zero attached hydrogens (tertiary/aromatic N) is 3. The Bertz CT molecular complexity index is 843. The van der Waals surface area contributed by atoms with E-state index in [4.69, 9.17) is 19.8 Å². The van der Waals surface area contributed by atoms with Gasteiger partial charge in [0.2, 0.25) is 5.88 Å². The van der Waals surface area contributed by atoms with Gasteiger partial charge in [0, 0.05) is 5.69 Å². The first-order chi connectivity index (χ1) is 12.4. The number of hydrogen-bond donors (Lipinski definition) is 1. The molecule has 2 N–H and O–H groups in total. The molecule has 0 atom stereocenters. The molecule has 1 fully saturated rings. The zero-order valence-electron chi connectivity index (χ0n) is 14.6. The van der Waals surface area contributed by atoms with E-state index in [0.29, 0.717) is 19.8 Å². The van der Waals surface area contributed by atoms with Gasteiger partial charge in [-0.3, -0.25) is 4.79 Å². The summed E-state index contributed by atoms with van der Waals surface area (Å²) in [5.41, 5.74) is 7.39. The molecule has 26 heavy (non-hydrogen) atoms. The van der Waals surface area contributed by atoms with Crippen molar-refractivity contribution in [2.75, 3.05) is 30.4 Å². The number of benzene rings is 1. The lowest BCUT2D eigenvalue weighted by Crippen LogP contribution is -2.36. The minimum Gasteiger partial charge on any atom is -0.475 e. The number of hydrogen-bond acceptors (Lipinski definition) is 7. The summed E-state index contributed by atoms with van der Waals surface area (Å²) >= 11 is 0. The number of amides is 1. The highest BCUT2D eigenvalue weighted by atomic mass is 16.7. The summed E-state index contributed by atoms with van der Waals surface area (Å²) < 4.78 is 17.1. The summed E-state index contributed by atoms with van der Waals surface area (Å²) in [5, 5.41) is 0. The van der Waals surface area contributed by atoms with Crippen LogP contribution in [0.5, 0.6) is 5.88 Å². The zero-order valence-corrected chi connectivity index (χ0v) is 14.6. The van der Waals surface area contributed by atoms with Gasteiger partial charge in [0.15, 0.2) is 0 Å². The Morgan fingerprint density at radius 2 is 2.00 bits per heavy atom. The Hall–Kier alpha value is -2.65. The highest BCUT2D eigenvalue weighted by Crippen LogP contribution is 2.27. The van der Waals surface area contributed by atoms with E-state index in [9.17, 15) is 4.79 Å². The van der Waals surface area contributed by atoms with Crippen molar-refractivity contribution in [1.82, 2.24) is 9.97 Å². The molecule has 1 aromatic heterocycles. The average molecular weight is 354 g/mol. The first-order valence-corrected chi connectivity index (χ1v) is 8.39. The van der Waals surface area contributed by atoms with Crippen LogP contribution in [0, 0.1) is 0 Å². The molecular weight excluding hydrogens is 335 g/mol. The van der Waals surface area contributed by atoms with Crippen LogP contribution < -0.4 is 20.8 Å². The largest absolute Gasteiger partial charge is 0.494 e. The standard InChI is InChI=1S/C17H19BN4O4/c1-17(2)9-25-18(26-17)11-3-5-12(6-4-11)22-7-8-24-15-13(16(22)23)14(19)20-10-21-15/h3-6,10H,7-9H2,1-2H3,(H2,19,20,21). The lowest BCUT2D eigenvalue weighted by Gasteiger charge is -2.21. The summed E-state index contributed by atoms with van der Waals surface area (Å²) in [7, 11) is -0.396. The minimum absolute atomic E-state index is 0.110. The van der Waals surface area contributed by atoms with Gasteiger partial charge in [-0.25, -0.2) is 9.97 Å². The van der Waals surface area contributed by atoms with Gasteiger partial charge >= 0.3 is 7.12 Å². The van der Waals surface area contributed by atoms with Crippen LogP contribution in [-0.2, 0) is 9.31 Å². The maximum Gasteiger partial charge on any atom is 0.494 e. The number of nitrogen functional groups attached to an aromatic ring is 1. The van der Waals surface area contributed by atoms with Crippen LogP contribution >= 0.6 is 0 Å². The van der Waals surface area contributed by atoms with Crippen molar-refractivity contribution in [2.24, 2.45) is 0 Å². The summed E-state index contributed by atoms with van der Waals surface area (Å²) in [5.74, 6) is 0.0490.